The first-order valence-corrected chi connectivity index (χ1v) is 7.54. The molecule has 0 aromatic heterocycles. The van der Waals surface area contributed by atoms with Crippen LogP contribution in [0.2, 0.25) is 0 Å². The minimum Gasteiger partial charge on any atom is -0.480 e. The van der Waals surface area contributed by atoms with Crippen LogP contribution in [-0.4, -0.2) is 52.6 Å². The summed E-state index contributed by atoms with van der Waals surface area (Å²) < 4.78 is 0. The summed E-state index contributed by atoms with van der Waals surface area (Å²) in [5.74, 6) is -0.546. The van der Waals surface area contributed by atoms with E-state index in [0.717, 1.165) is 6.42 Å². The number of carbonyl (C=O) groups excluding carboxylic acids is 1. The van der Waals surface area contributed by atoms with Gasteiger partial charge in [0.05, 0.1) is 0 Å². The number of aliphatic carboxylic acids is 1. The van der Waals surface area contributed by atoms with E-state index in [1.54, 1.807) is 11.8 Å². The van der Waals surface area contributed by atoms with Crippen LogP contribution in [-0.2, 0) is 4.79 Å². The van der Waals surface area contributed by atoms with Gasteiger partial charge in [-0.05, 0) is 25.0 Å². The van der Waals surface area contributed by atoms with E-state index < -0.39 is 12.0 Å². The Kier molecular flexibility index (Phi) is 5.78. The van der Waals surface area contributed by atoms with Crippen LogP contribution in [0.5, 0.6) is 0 Å². The lowest BCUT2D eigenvalue weighted by atomic mass is 9.93. The van der Waals surface area contributed by atoms with Gasteiger partial charge in [-0.25, -0.2) is 9.59 Å². The van der Waals surface area contributed by atoms with Crippen LogP contribution in [0.15, 0.2) is 0 Å². The third-order valence-electron chi connectivity index (χ3n) is 3.35. The van der Waals surface area contributed by atoms with Gasteiger partial charge in [0.1, 0.15) is 6.04 Å². The van der Waals surface area contributed by atoms with Gasteiger partial charge in [0.15, 0.2) is 0 Å². The van der Waals surface area contributed by atoms with E-state index in [1.165, 1.54) is 4.90 Å². The van der Waals surface area contributed by atoms with E-state index in [1.807, 2.05) is 20.1 Å². The molecule has 1 aliphatic heterocycles. The molecule has 1 rings (SSSR count). The molecule has 1 fully saturated rings. The molecule has 2 amide bonds. The van der Waals surface area contributed by atoms with Crippen LogP contribution in [0.25, 0.3) is 0 Å². The first-order chi connectivity index (χ1) is 8.45. The molecule has 0 saturated carbocycles. The van der Waals surface area contributed by atoms with Gasteiger partial charge in [-0.15, -0.1) is 0 Å². The van der Waals surface area contributed by atoms with E-state index in [0.29, 0.717) is 30.7 Å². The first-order valence-electron chi connectivity index (χ1n) is 6.25. The molecule has 18 heavy (non-hydrogen) atoms. The summed E-state index contributed by atoms with van der Waals surface area (Å²) in [6.45, 7) is 5.15. The highest BCUT2D eigenvalue weighted by molar-refractivity contribution is 7.99. The van der Waals surface area contributed by atoms with Crippen molar-refractivity contribution in [1.29, 1.82) is 0 Å². The fraction of sp³-hybridized carbons (Fsp3) is 0.833. The summed E-state index contributed by atoms with van der Waals surface area (Å²) >= 11 is 1.67. The Labute approximate surface area is 112 Å². The number of nitrogens with one attached hydrogen (secondary N) is 1. The number of urea groups is 1. The van der Waals surface area contributed by atoms with Crippen molar-refractivity contribution in [3.8, 4) is 0 Å². The maximum atomic E-state index is 12.0. The zero-order chi connectivity index (χ0) is 13.7. The van der Waals surface area contributed by atoms with Crippen molar-refractivity contribution in [1.82, 2.24) is 10.2 Å². The van der Waals surface area contributed by atoms with Gasteiger partial charge in [0, 0.05) is 18.3 Å². The summed E-state index contributed by atoms with van der Waals surface area (Å²) in [7, 11) is 0. The van der Waals surface area contributed by atoms with Crippen molar-refractivity contribution < 1.29 is 14.7 Å². The maximum Gasteiger partial charge on any atom is 0.326 e. The predicted molar refractivity (Wildman–Crippen MR) is 72.9 cm³/mol. The topological polar surface area (TPSA) is 69.6 Å². The standard InChI is InChI=1S/C12H22N2O3S/c1-8-4-5-14(10(6-8)11(15)16)12(17)13-7-9(2)18-3/h8-10H,4-7H2,1-3H3,(H,13,17)(H,15,16). The third kappa shape index (κ3) is 4.08. The number of thioether (sulfide) groups is 1. The minimum absolute atomic E-state index is 0.254. The number of carboxylic acids is 1. The Morgan fingerprint density at radius 3 is 2.78 bits per heavy atom. The Morgan fingerprint density at radius 2 is 2.22 bits per heavy atom. The van der Waals surface area contributed by atoms with Crippen LogP contribution < -0.4 is 5.32 Å². The van der Waals surface area contributed by atoms with Crippen molar-refractivity contribution in [3.05, 3.63) is 0 Å². The number of hydrogen-bond acceptors (Lipinski definition) is 3. The molecule has 1 heterocycles. The van der Waals surface area contributed by atoms with Crippen LogP contribution >= 0.6 is 11.8 Å². The van der Waals surface area contributed by atoms with Crippen molar-refractivity contribution in [2.45, 2.75) is 38.0 Å². The highest BCUT2D eigenvalue weighted by Gasteiger charge is 2.34. The summed E-state index contributed by atoms with van der Waals surface area (Å²) in [6.07, 6.45) is 3.40. The normalized spacial score (nSPS) is 25.6. The molecule has 0 bridgehead atoms. The Morgan fingerprint density at radius 1 is 1.56 bits per heavy atom. The molecule has 1 saturated heterocycles. The SMILES string of the molecule is CSC(C)CNC(=O)N1CCC(C)CC1C(=O)O. The molecule has 6 heteroatoms. The van der Waals surface area contributed by atoms with E-state index in [-0.39, 0.29) is 6.03 Å². The van der Waals surface area contributed by atoms with Crippen LogP contribution in [0, 0.1) is 5.92 Å². The van der Waals surface area contributed by atoms with E-state index in [2.05, 4.69) is 5.32 Å². The summed E-state index contributed by atoms with van der Waals surface area (Å²) in [4.78, 5) is 24.6. The smallest absolute Gasteiger partial charge is 0.326 e. The molecule has 2 N–H and O–H groups in total. The van der Waals surface area contributed by atoms with Crippen LogP contribution in [0.1, 0.15) is 26.7 Å². The molecular weight excluding hydrogens is 252 g/mol. The predicted octanol–water partition coefficient (Wildman–Crippen LogP) is 1.63. The van der Waals surface area contributed by atoms with Crippen molar-refractivity contribution >= 4 is 23.8 Å². The van der Waals surface area contributed by atoms with Gasteiger partial charge in [-0.1, -0.05) is 13.8 Å². The Balaban J connectivity index is 2.56. The number of hydrogen-bond donors (Lipinski definition) is 2. The van der Waals surface area contributed by atoms with E-state index >= 15 is 0 Å². The molecule has 0 aromatic rings. The fourth-order valence-electron chi connectivity index (χ4n) is 2.03. The largest absolute Gasteiger partial charge is 0.480 e. The van der Waals surface area contributed by atoms with Crippen molar-refractivity contribution in [3.63, 3.8) is 0 Å². The number of rotatable bonds is 4. The highest BCUT2D eigenvalue weighted by atomic mass is 32.2. The average molecular weight is 274 g/mol. The van der Waals surface area contributed by atoms with E-state index in [9.17, 15) is 14.7 Å². The number of likely N-dealkylation sites (tertiary alicyclic amines) is 1. The Hall–Kier alpha value is -0.910. The second-order valence-electron chi connectivity index (χ2n) is 4.91. The molecule has 1 aliphatic rings. The van der Waals surface area contributed by atoms with Crippen LogP contribution in [0.4, 0.5) is 4.79 Å². The van der Waals surface area contributed by atoms with Gasteiger partial charge >= 0.3 is 12.0 Å². The number of piperidine rings is 1. The van der Waals surface area contributed by atoms with Gasteiger partial charge < -0.3 is 15.3 Å². The zero-order valence-electron chi connectivity index (χ0n) is 11.2. The van der Waals surface area contributed by atoms with Crippen molar-refractivity contribution in [2.75, 3.05) is 19.3 Å². The molecule has 0 spiro atoms. The first kappa shape index (κ1) is 15.1. The van der Waals surface area contributed by atoms with Crippen molar-refractivity contribution in [2.24, 2.45) is 5.92 Å². The minimum atomic E-state index is -0.908. The average Bonchev–Trinajstić information content (AvgIpc) is 2.35. The fourth-order valence-corrected chi connectivity index (χ4v) is 2.28. The molecule has 5 nitrogen and oxygen atoms in total. The molecule has 104 valence electrons. The van der Waals surface area contributed by atoms with E-state index in [4.69, 9.17) is 0 Å². The Bertz CT molecular complexity index is 312. The summed E-state index contributed by atoms with van der Waals surface area (Å²) in [6, 6.07) is -0.937. The maximum absolute atomic E-state index is 12.0. The van der Waals surface area contributed by atoms with Crippen LogP contribution in [0.3, 0.4) is 0 Å². The number of amides is 2. The number of carbonyl (C=O) groups is 2. The molecular formula is C12H22N2O3S. The molecule has 0 radical (unpaired) electrons. The third-order valence-corrected chi connectivity index (χ3v) is 4.33. The zero-order valence-corrected chi connectivity index (χ0v) is 12.0. The lowest BCUT2D eigenvalue weighted by Crippen LogP contribution is -2.53. The molecule has 0 aromatic carbocycles. The van der Waals surface area contributed by atoms with Gasteiger partial charge in [-0.3, -0.25) is 0 Å². The molecule has 3 atom stereocenters. The summed E-state index contributed by atoms with van der Waals surface area (Å²) in [5, 5.41) is 12.3. The summed E-state index contributed by atoms with van der Waals surface area (Å²) in [5.41, 5.74) is 0. The van der Waals surface area contributed by atoms with Gasteiger partial charge in [0.2, 0.25) is 0 Å². The monoisotopic (exact) mass is 274 g/mol. The second kappa shape index (κ2) is 6.87. The number of carboxylic acid groups (broad SMARTS) is 1. The van der Waals surface area contributed by atoms with Gasteiger partial charge in [-0.2, -0.15) is 11.8 Å². The lowest BCUT2D eigenvalue weighted by Gasteiger charge is -2.36. The quantitative estimate of drug-likeness (QED) is 0.817. The molecule has 3 unspecified atom stereocenters. The lowest BCUT2D eigenvalue weighted by molar-refractivity contribution is -0.143. The highest BCUT2D eigenvalue weighted by Crippen LogP contribution is 2.22. The number of nitrogens with zero attached hydrogens (tertiary/aromatic N) is 1. The second-order valence-corrected chi connectivity index (χ2v) is 6.19. The van der Waals surface area contributed by atoms with Gasteiger partial charge in [0.25, 0.3) is 0 Å². The molecule has 0 aliphatic carbocycles.